The molecule has 1 aliphatic heterocycles. The fourth-order valence-corrected chi connectivity index (χ4v) is 4.14. The van der Waals surface area contributed by atoms with Crippen LogP contribution in [0.5, 0.6) is 11.5 Å². The third kappa shape index (κ3) is 3.71. The number of benzene rings is 3. The van der Waals surface area contributed by atoms with Crippen LogP contribution in [-0.2, 0) is 0 Å². The number of para-hydroxylation sites is 1. The summed E-state index contributed by atoms with van der Waals surface area (Å²) in [4.78, 5) is 12.1. The first-order valence-electron chi connectivity index (χ1n) is 10.7. The minimum Gasteiger partial charge on any atom is -0.457 e. The van der Waals surface area contributed by atoms with Gasteiger partial charge in [-0.25, -0.2) is 4.68 Å². The average Bonchev–Trinajstić information content (AvgIpc) is 3.24. The number of ether oxygens (including phenoxy) is 1. The number of fused-ring (bicyclic) bond motifs is 1. The Morgan fingerprint density at radius 3 is 2.56 bits per heavy atom. The van der Waals surface area contributed by atoms with Crippen molar-refractivity contribution in [3.8, 4) is 22.8 Å². The average molecular weight is 425 g/mol. The molecular weight excluding hydrogens is 400 g/mol. The molecule has 2 heterocycles. The lowest BCUT2D eigenvalue weighted by molar-refractivity contribution is 0.112. The molecule has 0 bridgehead atoms. The van der Waals surface area contributed by atoms with Gasteiger partial charge >= 0.3 is 0 Å². The Kier molecular flexibility index (Phi) is 5.34. The Balaban J connectivity index is 1.49. The monoisotopic (exact) mass is 424 g/mol. The Morgan fingerprint density at radius 1 is 1.03 bits per heavy atom. The van der Waals surface area contributed by atoms with E-state index in [-0.39, 0.29) is 6.04 Å². The molecule has 1 aliphatic rings. The van der Waals surface area contributed by atoms with Crippen molar-refractivity contribution in [2.45, 2.75) is 12.5 Å². The van der Waals surface area contributed by atoms with E-state index in [1.165, 1.54) is 0 Å². The fraction of sp³-hybridized carbons (Fsp3) is 0.154. The van der Waals surface area contributed by atoms with Crippen LogP contribution in [0.2, 0.25) is 0 Å². The highest BCUT2D eigenvalue weighted by Gasteiger charge is 2.28. The van der Waals surface area contributed by atoms with Crippen LogP contribution < -0.4 is 15.4 Å². The largest absolute Gasteiger partial charge is 0.457 e. The van der Waals surface area contributed by atoms with Crippen molar-refractivity contribution in [1.29, 1.82) is 0 Å². The molecule has 5 rings (SSSR count). The lowest BCUT2D eigenvalue weighted by Crippen LogP contribution is -2.24. The van der Waals surface area contributed by atoms with Gasteiger partial charge in [-0.05, 0) is 60.5 Å². The molecule has 0 aliphatic carbocycles. The van der Waals surface area contributed by atoms with E-state index in [4.69, 9.17) is 9.84 Å². The van der Waals surface area contributed by atoms with E-state index in [9.17, 15) is 4.79 Å². The maximum atomic E-state index is 12.1. The molecule has 1 atom stereocenters. The Morgan fingerprint density at radius 2 is 1.81 bits per heavy atom. The number of aldehydes is 1. The normalized spacial score (nSPS) is 14.8. The first kappa shape index (κ1) is 19.9. The maximum Gasteiger partial charge on any atom is 0.156 e. The van der Waals surface area contributed by atoms with E-state index in [1.807, 2.05) is 78.5 Å². The van der Waals surface area contributed by atoms with E-state index in [0.717, 1.165) is 53.4 Å². The van der Waals surface area contributed by atoms with Crippen LogP contribution in [0.15, 0.2) is 78.9 Å². The quantitative estimate of drug-likeness (QED) is 0.394. The highest BCUT2D eigenvalue weighted by molar-refractivity contribution is 5.92. The molecule has 6 nitrogen and oxygen atoms in total. The van der Waals surface area contributed by atoms with E-state index in [1.54, 1.807) is 0 Å². The molecule has 1 aromatic heterocycles. The molecule has 1 unspecified atom stereocenters. The molecule has 2 N–H and O–H groups in total. The third-order valence-electron chi connectivity index (χ3n) is 5.74. The first-order valence-corrected chi connectivity index (χ1v) is 10.7. The molecule has 160 valence electrons. The molecule has 0 fully saturated rings. The molecule has 0 spiro atoms. The highest BCUT2D eigenvalue weighted by atomic mass is 16.5. The Labute approximate surface area is 186 Å². The number of nitrogens with one attached hydrogen (secondary N) is 2. The van der Waals surface area contributed by atoms with Gasteiger partial charge < -0.3 is 15.4 Å². The minimum absolute atomic E-state index is 0.0627. The summed E-state index contributed by atoms with van der Waals surface area (Å²) >= 11 is 0. The van der Waals surface area contributed by atoms with Gasteiger partial charge in [0.05, 0.1) is 11.6 Å². The standard InChI is InChI=1S/C26H24N4O2/c1-27-20-7-5-6-19(16-20)24-14-15-28-26-23(17-31)25(29-30(24)26)18-10-12-22(13-11-18)32-21-8-3-2-4-9-21/h2-13,16-17,24,27-28H,14-15H2,1H3. The number of anilines is 2. The van der Waals surface area contributed by atoms with Crippen LogP contribution in [0.1, 0.15) is 28.4 Å². The van der Waals surface area contributed by atoms with Gasteiger partial charge in [-0.1, -0.05) is 30.3 Å². The molecule has 0 amide bonds. The van der Waals surface area contributed by atoms with Crippen LogP contribution in [-0.4, -0.2) is 29.7 Å². The lowest BCUT2D eigenvalue weighted by Gasteiger charge is -2.26. The van der Waals surface area contributed by atoms with Gasteiger partial charge in [0.15, 0.2) is 6.29 Å². The van der Waals surface area contributed by atoms with Gasteiger partial charge in [0.1, 0.15) is 23.0 Å². The highest BCUT2D eigenvalue weighted by Crippen LogP contribution is 2.37. The predicted molar refractivity (Wildman–Crippen MR) is 127 cm³/mol. The van der Waals surface area contributed by atoms with Gasteiger partial charge in [0.25, 0.3) is 0 Å². The second kappa shape index (κ2) is 8.59. The number of carbonyl (C=O) groups excluding carboxylic acids is 1. The number of hydrogen-bond donors (Lipinski definition) is 2. The maximum absolute atomic E-state index is 12.1. The summed E-state index contributed by atoms with van der Waals surface area (Å²) in [6, 6.07) is 25.7. The van der Waals surface area contributed by atoms with Crippen molar-refractivity contribution in [3.63, 3.8) is 0 Å². The van der Waals surface area contributed by atoms with Crippen molar-refractivity contribution in [2.24, 2.45) is 0 Å². The van der Waals surface area contributed by atoms with Crippen molar-refractivity contribution >= 4 is 17.8 Å². The van der Waals surface area contributed by atoms with Crippen LogP contribution in [0, 0.1) is 0 Å². The summed E-state index contributed by atoms with van der Waals surface area (Å²) in [5.74, 6) is 2.28. The van der Waals surface area contributed by atoms with Crippen molar-refractivity contribution in [1.82, 2.24) is 9.78 Å². The summed E-state index contributed by atoms with van der Waals surface area (Å²) in [6.45, 7) is 0.782. The smallest absolute Gasteiger partial charge is 0.156 e. The zero-order valence-corrected chi connectivity index (χ0v) is 17.8. The van der Waals surface area contributed by atoms with Crippen molar-refractivity contribution in [2.75, 3.05) is 24.2 Å². The topological polar surface area (TPSA) is 68.2 Å². The molecule has 3 aromatic carbocycles. The summed E-state index contributed by atoms with van der Waals surface area (Å²) in [5, 5.41) is 11.4. The number of hydrogen-bond acceptors (Lipinski definition) is 5. The second-order valence-corrected chi connectivity index (χ2v) is 7.72. The lowest BCUT2D eigenvalue weighted by atomic mass is 10.0. The second-order valence-electron chi connectivity index (χ2n) is 7.72. The third-order valence-corrected chi connectivity index (χ3v) is 5.74. The summed E-state index contributed by atoms with van der Waals surface area (Å²) < 4.78 is 7.84. The van der Waals surface area contributed by atoms with Gasteiger partial charge in [0, 0.05) is 24.8 Å². The SMILES string of the molecule is CNc1cccc(C2CCNc3c(C=O)c(-c4ccc(Oc5ccccc5)cc4)nn32)c1. The number of rotatable bonds is 6. The zero-order chi connectivity index (χ0) is 21.9. The number of carbonyl (C=O) groups is 1. The Hall–Kier alpha value is -4.06. The molecule has 6 heteroatoms. The number of aromatic nitrogens is 2. The fourth-order valence-electron chi connectivity index (χ4n) is 4.14. The van der Waals surface area contributed by atoms with Gasteiger partial charge in [-0.3, -0.25) is 4.79 Å². The summed E-state index contributed by atoms with van der Waals surface area (Å²) in [5.41, 5.74) is 4.35. The summed E-state index contributed by atoms with van der Waals surface area (Å²) in [7, 11) is 1.91. The van der Waals surface area contributed by atoms with E-state index in [2.05, 4.69) is 22.8 Å². The van der Waals surface area contributed by atoms with Gasteiger partial charge in [-0.2, -0.15) is 5.10 Å². The van der Waals surface area contributed by atoms with Crippen LogP contribution in [0.25, 0.3) is 11.3 Å². The summed E-state index contributed by atoms with van der Waals surface area (Å²) in [6.07, 6.45) is 1.78. The predicted octanol–water partition coefficient (Wildman–Crippen LogP) is 5.60. The van der Waals surface area contributed by atoms with E-state index < -0.39 is 0 Å². The van der Waals surface area contributed by atoms with E-state index in [0.29, 0.717) is 11.3 Å². The minimum atomic E-state index is 0.0627. The van der Waals surface area contributed by atoms with Crippen molar-refractivity contribution < 1.29 is 9.53 Å². The van der Waals surface area contributed by atoms with E-state index >= 15 is 0 Å². The molecule has 0 radical (unpaired) electrons. The number of nitrogens with zero attached hydrogens (tertiary/aromatic N) is 2. The molecule has 0 saturated carbocycles. The molecule has 0 saturated heterocycles. The van der Waals surface area contributed by atoms with Crippen LogP contribution in [0.3, 0.4) is 0 Å². The van der Waals surface area contributed by atoms with Gasteiger partial charge in [0.2, 0.25) is 0 Å². The van der Waals surface area contributed by atoms with Crippen LogP contribution >= 0.6 is 0 Å². The van der Waals surface area contributed by atoms with Gasteiger partial charge in [-0.15, -0.1) is 0 Å². The van der Waals surface area contributed by atoms with Crippen molar-refractivity contribution in [3.05, 3.63) is 90.0 Å². The van der Waals surface area contributed by atoms with Crippen LogP contribution in [0.4, 0.5) is 11.5 Å². The molecule has 32 heavy (non-hydrogen) atoms. The Bertz CT molecular complexity index is 1230. The first-order chi connectivity index (χ1) is 15.8. The zero-order valence-electron chi connectivity index (χ0n) is 17.8. The molecule has 4 aromatic rings. The molecular formula is C26H24N4O2.